The number of benzene rings is 1. The van der Waals surface area contributed by atoms with E-state index in [4.69, 9.17) is 15.4 Å². The first kappa shape index (κ1) is 10.9. The monoisotopic (exact) mass is 207 g/mol. The molecule has 6 nitrogen and oxygen atoms in total. The summed E-state index contributed by atoms with van der Waals surface area (Å²) < 4.78 is 5.19. The highest BCUT2D eigenvalue weighted by Crippen LogP contribution is 2.11. The number of nitrogens with zero attached hydrogens (tertiary/aromatic N) is 3. The first-order valence-corrected chi connectivity index (χ1v) is 4.21. The third-order valence-electron chi connectivity index (χ3n) is 1.62. The molecule has 0 fully saturated rings. The minimum absolute atomic E-state index is 0.206. The number of hydrogen-bond donors (Lipinski definition) is 1. The molecule has 0 radical (unpaired) electrons. The molecule has 78 valence electrons. The average molecular weight is 207 g/mol. The molecule has 0 aliphatic carbocycles. The van der Waals surface area contributed by atoms with Crippen LogP contribution in [0.25, 0.3) is 10.4 Å². The van der Waals surface area contributed by atoms with Crippen molar-refractivity contribution in [2.45, 2.75) is 0 Å². The van der Waals surface area contributed by atoms with E-state index in [-0.39, 0.29) is 18.7 Å². The Bertz CT molecular complexity index is 382. The van der Waals surface area contributed by atoms with Crippen molar-refractivity contribution in [3.05, 3.63) is 40.3 Å². The van der Waals surface area contributed by atoms with Crippen LogP contribution in [0, 0.1) is 0 Å². The summed E-state index contributed by atoms with van der Waals surface area (Å²) in [7, 11) is 0. The van der Waals surface area contributed by atoms with Crippen LogP contribution in [-0.4, -0.2) is 24.2 Å². The summed E-state index contributed by atoms with van der Waals surface area (Å²) in [6.45, 7) is 0.521. The Morgan fingerprint density at radius 2 is 2.13 bits per heavy atom. The number of carboxylic acids is 1. The normalized spacial score (nSPS) is 9.07. The SMILES string of the molecule is [N-]=[N+]=NCCOc1ccc(C(=O)O)cc1. The van der Waals surface area contributed by atoms with Crippen LogP contribution in [-0.2, 0) is 0 Å². The molecule has 0 saturated carbocycles. The number of carbonyl (C=O) groups is 1. The number of aromatic carboxylic acids is 1. The summed E-state index contributed by atoms with van der Waals surface area (Å²) >= 11 is 0. The first-order valence-electron chi connectivity index (χ1n) is 4.21. The smallest absolute Gasteiger partial charge is 0.335 e. The van der Waals surface area contributed by atoms with Crippen molar-refractivity contribution in [3.63, 3.8) is 0 Å². The predicted octanol–water partition coefficient (Wildman–Crippen LogP) is 2.07. The molecule has 0 aliphatic heterocycles. The summed E-state index contributed by atoms with van der Waals surface area (Å²) in [4.78, 5) is 13.1. The van der Waals surface area contributed by atoms with Gasteiger partial charge in [0.25, 0.3) is 0 Å². The minimum atomic E-state index is -0.976. The van der Waals surface area contributed by atoms with Crippen molar-refractivity contribution in [2.24, 2.45) is 5.11 Å². The lowest BCUT2D eigenvalue weighted by Gasteiger charge is -2.03. The topological polar surface area (TPSA) is 95.3 Å². The van der Waals surface area contributed by atoms with Gasteiger partial charge in [0, 0.05) is 4.91 Å². The molecule has 1 aromatic rings. The molecule has 0 atom stereocenters. The van der Waals surface area contributed by atoms with E-state index >= 15 is 0 Å². The van der Waals surface area contributed by atoms with Crippen LogP contribution in [0.5, 0.6) is 5.75 Å². The third kappa shape index (κ3) is 3.58. The summed E-state index contributed by atoms with van der Waals surface area (Å²) in [6, 6.07) is 6.01. The number of ether oxygens (including phenoxy) is 1. The maximum Gasteiger partial charge on any atom is 0.335 e. The highest BCUT2D eigenvalue weighted by atomic mass is 16.5. The van der Waals surface area contributed by atoms with Gasteiger partial charge in [-0.25, -0.2) is 4.79 Å². The molecule has 0 spiro atoms. The highest BCUT2D eigenvalue weighted by molar-refractivity contribution is 5.87. The Hall–Kier alpha value is -2.20. The van der Waals surface area contributed by atoms with E-state index in [0.29, 0.717) is 5.75 Å². The summed E-state index contributed by atoms with van der Waals surface area (Å²) in [5, 5.41) is 11.9. The second-order valence-electron chi connectivity index (χ2n) is 2.63. The molecule has 0 unspecified atom stereocenters. The molecule has 6 heteroatoms. The van der Waals surface area contributed by atoms with Crippen LogP contribution in [0.2, 0.25) is 0 Å². The van der Waals surface area contributed by atoms with Crippen LogP contribution in [0.1, 0.15) is 10.4 Å². The fraction of sp³-hybridized carbons (Fsp3) is 0.222. The van der Waals surface area contributed by atoms with Crippen LogP contribution in [0.15, 0.2) is 29.4 Å². The van der Waals surface area contributed by atoms with E-state index in [0.717, 1.165) is 0 Å². The van der Waals surface area contributed by atoms with Gasteiger partial charge in [0.2, 0.25) is 0 Å². The van der Waals surface area contributed by atoms with E-state index < -0.39 is 5.97 Å². The number of rotatable bonds is 5. The van der Waals surface area contributed by atoms with Gasteiger partial charge in [-0.1, -0.05) is 5.11 Å². The van der Waals surface area contributed by atoms with Crippen molar-refractivity contribution >= 4 is 5.97 Å². The van der Waals surface area contributed by atoms with Gasteiger partial charge < -0.3 is 9.84 Å². The van der Waals surface area contributed by atoms with Crippen molar-refractivity contribution in [1.82, 2.24) is 0 Å². The van der Waals surface area contributed by atoms with Gasteiger partial charge in [-0.15, -0.1) is 0 Å². The molecule has 0 aliphatic rings. The largest absolute Gasteiger partial charge is 0.493 e. The minimum Gasteiger partial charge on any atom is -0.493 e. The fourth-order valence-corrected chi connectivity index (χ4v) is 0.943. The summed E-state index contributed by atoms with van der Waals surface area (Å²) in [5.74, 6) is -0.427. The zero-order chi connectivity index (χ0) is 11.1. The fourth-order valence-electron chi connectivity index (χ4n) is 0.943. The van der Waals surface area contributed by atoms with Crippen LogP contribution in [0.3, 0.4) is 0 Å². The third-order valence-corrected chi connectivity index (χ3v) is 1.62. The van der Waals surface area contributed by atoms with Gasteiger partial charge in [0.1, 0.15) is 5.75 Å². The Morgan fingerprint density at radius 1 is 1.47 bits per heavy atom. The maximum atomic E-state index is 10.5. The summed E-state index contributed by atoms with van der Waals surface area (Å²) in [5.41, 5.74) is 8.20. The van der Waals surface area contributed by atoms with Gasteiger partial charge in [0.15, 0.2) is 0 Å². The first-order chi connectivity index (χ1) is 7.24. The molecule has 1 rings (SSSR count). The second kappa shape index (κ2) is 5.51. The lowest BCUT2D eigenvalue weighted by atomic mass is 10.2. The van der Waals surface area contributed by atoms with E-state index in [1.54, 1.807) is 12.1 Å². The molecule has 0 amide bonds. The Morgan fingerprint density at radius 3 is 2.67 bits per heavy atom. The molecular formula is C9H9N3O3. The van der Waals surface area contributed by atoms with E-state index in [1.165, 1.54) is 12.1 Å². The number of hydrogen-bond acceptors (Lipinski definition) is 3. The number of carboxylic acid groups (broad SMARTS) is 1. The zero-order valence-corrected chi connectivity index (χ0v) is 7.83. The lowest BCUT2D eigenvalue weighted by molar-refractivity contribution is 0.0697. The molecule has 15 heavy (non-hydrogen) atoms. The van der Waals surface area contributed by atoms with Crippen LogP contribution >= 0.6 is 0 Å². The van der Waals surface area contributed by atoms with E-state index in [2.05, 4.69) is 10.0 Å². The Balaban J connectivity index is 2.49. The highest BCUT2D eigenvalue weighted by Gasteiger charge is 2.01. The van der Waals surface area contributed by atoms with Crippen molar-refractivity contribution in [3.8, 4) is 5.75 Å². The van der Waals surface area contributed by atoms with E-state index in [1.807, 2.05) is 0 Å². The average Bonchev–Trinajstić information content (AvgIpc) is 2.25. The zero-order valence-electron chi connectivity index (χ0n) is 7.83. The second-order valence-corrected chi connectivity index (χ2v) is 2.63. The van der Waals surface area contributed by atoms with Gasteiger partial charge in [-0.05, 0) is 29.8 Å². The molecular weight excluding hydrogens is 198 g/mol. The summed E-state index contributed by atoms with van der Waals surface area (Å²) in [6.07, 6.45) is 0. The van der Waals surface area contributed by atoms with Gasteiger partial charge in [-0.3, -0.25) is 0 Å². The number of azide groups is 1. The quantitative estimate of drug-likeness (QED) is 0.346. The standard InChI is InChI=1S/C9H9N3O3/c10-12-11-5-6-15-8-3-1-7(2-4-8)9(13)14/h1-4H,5-6H2,(H,13,14). The van der Waals surface area contributed by atoms with Crippen LogP contribution in [0.4, 0.5) is 0 Å². The maximum absolute atomic E-state index is 10.5. The van der Waals surface area contributed by atoms with Crippen molar-refractivity contribution in [2.75, 3.05) is 13.2 Å². The van der Waals surface area contributed by atoms with E-state index in [9.17, 15) is 4.79 Å². The molecule has 1 N–H and O–H groups in total. The Kier molecular flexibility index (Phi) is 4.00. The lowest BCUT2D eigenvalue weighted by Crippen LogP contribution is -2.01. The molecule has 0 saturated heterocycles. The van der Waals surface area contributed by atoms with Crippen LogP contribution < -0.4 is 4.74 Å². The molecule has 0 bridgehead atoms. The van der Waals surface area contributed by atoms with Crippen molar-refractivity contribution in [1.29, 1.82) is 0 Å². The molecule has 1 aromatic carbocycles. The predicted molar refractivity (Wildman–Crippen MR) is 52.9 cm³/mol. The van der Waals surface area contributed by atoms with Gasteiger partial charge in [0.05, 0.1) is 18.7 Å². The Labute approximate surface area is 85.7 Å². The van der Waals surface area contributed by atoms with Gasteiger partial charge in [-0.2, -0.15) is 0 Å². The van der Waals surface area contributed by atoms with Gasteiger partial charge >= 0.3 is 5.97 Å². The van der Waals surface area contributed by atoms with Crippen molar-refractivity contribution < 1.29 is 14.6 Å². The molecule has 0 heterocycles. The molecule has 0 aromatic heterocycles.